The van der Waals surface area contributed by atoms with Gasteiger partial charge in [-0.2, -0.15) is 0 Å². The molecule has 0 aromatic heterocycles. The van der Waals surface area contributed by atoms with Gasteiger partial charge in [0.1, 0.15) is 0 Å². The number of anilines is 2. The average molecular weight is 370 g/mol. The van der Waals surface area contributed by atoms with E-state index < -0.39 is 0 Å². The highest BCUT2D eigenvalue weighted by atomic mass is 32.2. The largest absolute Gasteiger partial charge is 0.396 e. The van der Waals surface area contributed by atoms with Crippen molar-refractivity contribution in [3.05, 3.63) is 48.5 Å². The minimum absolute atomic E-state index is 0.262. The highest BCUT2D eigenvalue weighted by Crippen LogP contribution is 2.47. The molecule has 2 aliphatic heterocycles. The van der Waals surface area contributed by atoms with Crippen LogP contribution in [0.15, 0.2) is 58.3 Å². The summed E-state index contributed by atoms with van der Waals surface area (Å²) in [6.07, 6.45) is 1.92. The van der Waals surface area contributed by atoms with Crippen LogP contribution in [-0.4, -0.2) is 55.4 Å². The van der Waals surface area contributed by atoms with E-state index in [0.717, 1.165) is 45.6 Å². The van der Waals surface area contributed by atoms with Gasteiger partial charge in [-0.25, -0.2) is 0 Å². The first-order chi connectivity index (χ1) is 12.9. The second-order valence-electron chi connectivity index (χ2n) is 6.93. The van der Waals surface area contributed by atoms with Crippen LogP contribution < -0.4 is 10.2 Å². The fraction of sp³-hybridized carbons (Fsp3) is 0.429. The van der Waals surface area contributed by atoms with Gasteiger partial charge in [0.15, 0.2) is 0 Å². The van der Waals surface area contributed by atoms with Crippen LogP contribution in [0.3, 0.4) is 0 Å². The van der Waals surface area contributed by atoms with Gasteiger partial charge in [-0.05, 0) is 37.1 Å². The third-order valence-corrected chi connectivity index (χ3v) is 6.48. The lowest BCUT2D eigenvalue weighted by Gasteiger charge is -2.38. The molecule has 5 heteroatoms. The van der Waals surface area contributed by atoms with Crippen molar-refractivity contribution < 1.29 is 5.11 Å². The zero-order valence-corrected chi connectivity index (χ0v) is 15.9. The van der Waals surface area contributed by atoms with E-state index in [9.17, 15) is 5.11 Å². The summed E-state index contributed by atoms with van der Waals surface area (Å²) < 4.78 is 0. The van der Waals surface area contributed by atoms with Crippen molar-refractivity contribution in [3.8, 4) is 0 Å². The summed E-state index contributed by atoms with van der Waals surface area (Å²) in [7, 11) is 0. The molecule has 2 N–H and O–H groups in total. The molecule has 0 spiro atoms. The number of benzene rings is 2. The van der Waals surface area contributed by atoms with Gasteiger partial charge in [-0.15, -0.1) is 0 Å². The Labute approximate surface area is 160 Å². The van der Waals surface area contributed by atoms with Crippen molar-refractivity contribution in [3.63, 3.8) is 0 Å². The number of para-hydroxylation sites is 2. The van der Waals surface area contributed by atoms with Gasteiger partial charge in [0, 0.05) is 55.2 Å². The third-order valence-electron chi connectivity index (χ3n) is 5.35. The first-order valence-electron chi connectivity index (χ1n) is 9.56. The molecule has 0 bridgehead atoms. The van der Waals surface area contributed by atoms with Crippen LogP contribution in [-0.2, 0) is 0 Å². The maximum Gasteiger partial charge on any atom is 0.0552 e. The lowest BCUT2D eigenvalue weighted by Crippen LogP contribution is -2.49. The first kappa shape index (κ1) is 17.9. The molecular formula is C21H27N3OS. The molecule has 4 nitrogen and oxygen atoms in total. The molecule has 0 radical (unpaired) electrons. The summed E-state index contributed by atoms with van der Waals surface area (Å²) >= 11 is 1.86. The summed E-state index contributed by atoms with van der Waals surface area (Å²) in [6, 6.07) is 17.8. The Morgan fingerprint density at radius 3 is 2.15 bits per heavy atom. The Balaban J connectivity index is 1.55. The van der Waals surface area contributed by atoms with Crippen LogP contribution in [0.1, 0.15) is 12.8 Å². The summed E-state index contributed by atoms with van der Waals surface area (Å²) in [4.78, 5) is 7.66. The van der Waals surface area contributed by atoms with Crippen LogP contribution in [0, 0.1) is 0 Å². The molecule has 1 atom stereocenters. The molecule has 2 aliphatic rings. The Morgan fingerprint density at radius 2 is 1.54 bits per heavy atom. The molecule has 0 aliphatic carbocycles. The number of nitrogens with zero attached hydrogens (tertiary/aromatic N) is 2. The van der Waals surface area contributed by atoms with E-state index in [4.69, 9.17) is 0 Å². The van der Waals surface area contributed by atoms with Crippen LogP contribution in [0.2, 0.25) is 0 Å². The van der Waals surface area contributed by atoms with E-state index in [1.165, 1.54) is 21.2 Å². The second kappa shape index (κ2) is 8.44. The van der Waals surface area contributed by atoms with E-state index in [-0.39, 0.29) is 6.61 Å². The zero-order valence-electron chi connectivity index (χ0n) is 15.1. The molecule has 26 heavy (non-hydrogen) atoms. The second-order valence-corrected chi connectivity index (χ2v) is 8.01. The maximum absolute atomic E-state index is 9.56. The van der Waals surface area contributed by atoms with Crippen LogP contribution in [0.5, 0.6) is 0 Å². The molecule has 2 aromatic rings. The van der Waals surface area contributed by atoms with Gasteiger partial charge in [-0.3, -0.25) is 4.90 Å². The minimum Gasteiger partial charge on any atom is -0.396 e. The zero-order chi connectivity index (χ0) is 17.8. The van der Waals surface area contributed by atoms with E-state index in [2.05, 4.69) is 63.6 Å². The summed E-state index contributed by atoms with van der Waals surface area (Å²) in [6.45, 7) is 5.49. The smallest absolute Gasteiger partial charge is 0.0552 e. The fourth-order valence-electron chi connectivity index (χ4n) is 4.01. The number of aliphatic hydroxyl groups excluding tert-OH is 1. The van der Waals surface area contributed by atoms with Crippen molar-refractivity contribution in [2.24, 2.45) is 0 Å². The fourth-order valence-corrected chi connectivity index (χ4v) is 5.10. The van der Waals surface area contributed by atoms with Gasteiger partial charge in [-0.1, -0.05) is 36.0 Å². The topological polar surface area (TPSA) is 38.7 Å². The van der Waals surface area contributed by atoms with Gasteiger partial charge >= 0.3 is 0 Å². The van der Waals surface area contributed by atoms with E-state index in [1.807, 2.05) is 11.8 Å². The molecule has 2 aromatic carbocycles. The van der Waals surface area contributed by atoms with Crippen LogP contribution in [0.4, 0.5) is 11.4 Å². The van der Waals surface area contributed by atoms with Crippen molar-refractivity contribution in [2.75, 3.05) is 44.2 Å². The molecule has 1 saturated heterocycles. The number of rotatable bonds is 6. The van der Waals surface area contributed by atoms with E-state index >= 15 is 0 Å². The van der Waals surface area contributed by atoms with Gasteiger partial charge in [0.2, 0.25) is 0 Å². The third kappa shape index (κ3) is 3.76. The molecule has 2 heterocycles. The average Bonchev–Trinajstić information content (AvgIpc) is 2.70. The number of aliphatic hydroxyl groups is 1. The standard InChI is InChI=1S/C21H27N3OS/c25-16-10-17(23-14-11-22-12-15-23)9-13-24-18-5-1-3-7-20(18)26-21-8-4-2-6-19(21)24/h1-8,17,22,25H,9-16H2. The molecule has 1 unspecified atom stereocenters. The minimum atomic E-state index is 0.262. The maximum atomic E-state index is 9.56. The van der Waals surface area contributed by atoms with Crippen molar-refractivity contribution in [1.29, 1.82) is 0 Å². The monoisotopic (exact) mass is 369 g/mol. The van der Waals surface area contributed by atoms with Crippen molar-refractivity contribution in [2.45, 2.75) is 28.7 Å². The van der Waals surface area contributed by atoms with Gasteiger partial charge < -0.3 is 15.3 Å². The molecule has 0 amide bonds. The Morgan fingerprint density at radius 1 is 0.923 bits per heavy atom. The number of hydrogen-bond donors (Lipinski definition) is 2. The predicted molar refractivity (Wildman–Crippen MR) is 109 cm³/mol. The van der Waals surface area contributed by atoms with Crippen molar-refractivity contribution in [1.82, 2.24) is 10.2 Å². The molecule has 0 saturated carbocycles. The lowest BCUT2D eigenvalue weighted by molar-refractivity contribution is 0.135. The first-order valence-corrected chi connectivity index (χ1v) is 10.4. The molecule has 4 rings (SSSR count). The number of hydrogen-bond acceptors (Lipinski definition) is 5. The highest BCUT2D eigenvalue weighted by molar-refractivity contribution is 7.99. The summed E-state index contributed by atoms with van der Waals surface area (Å²) in [5, 5.41) is 13.0. The lowest BCUT2D eigenvalue weighted by atomic mass is 10.1. The normalized spacial score (nSPS) is 18.3. The van der Waals surface area contributed by atoms with E-state index in [1.54, 1.807) is 0 Å². The Hall–Kier alpha value is -1.53. The van der Waals surface area contributed by atoms with Gasteiger partial charge in [0.05, 0.1) is 11.4 Å². The number of fused-ring (bicyclic) bond motifs is 2. The van der Waals surface area contributed by atoms with E-state index in [0.29, 0.717) is 6.04 Å². The quantitative estimate of drug-likeness (QED) is 0.817. The number of piperazine rings is 1. The van der Waals surface area contributed by atoms with Crippen molar-refractivity contribution >= 4 is 23.1 Å². The number of nitrogens with one attached hydrogen (secondary N) is 1. The molecule has 138 valence electrons. The highest BCUT2D eigenvalue weighted by Gasteiger charge is 2.25. The summed E-state index contributed by atoms with van der Waals surface area (Å²) in [5.74, 6) is 0. The van der Waals surface area contributed by atoms with Crippen LogP contribution in [0.25, 0.3) is 0 Å². The predicted octanol–water partition coefficient (Wildman–Crippen LogP) is 3.34. The summed E-state index contributed by atoms with van der Waals surface area (Å²) in [5.41, 5.74) is 2.61. The molecule has 1 fully saturated rings. The SMILES string of the molecule is OCCC(CCN1c2ccccc2Sc2ccccc21)N1CCNCC1. The molecular weight excluding hydrogens is 342 g/mol. The Kier molecular flexibility index (Phi) is 5.80. The van der Waals surface area contributed by atoms with Crippen LogP contribution >= 0.6 is 11.8 Å². The van der Waals surface area contributed by atoms with Gasteiger partial charge in [0.25, 0.3) is 0 Å². The Bertz CT molecular complexity index is 687.